The number of carbonyl (C=O) groups excluding carboxylic acids is 1. The molecule has 0 radical (unpaired) electrons. The number of amides is 1. The summed E-state index contributed by atoms with van der Waals surface area (Å²) in [5.41, 5.74) is 2.03. The van der Waals surface area contributed by atoms with E-state index in [0.717, 1.165) is 38.8 Å². The highest BCUT2D eigenvalue weighted by atomic mass is 19.4. The number of halogens is 3. The maximum Gasteiger partial charge on any atom is 0.422 e. The average molecular weight is 372 g/mol. The van der Waals surface area contributed by atoms with Crippen LogP contribution in [0, 0.1) is 13.8 Å². The number of nitrogens with zero attached hydrogens (tertiary/aromatic N) is 1. The van der Waals surface area contributed by atoms with E-state index in [1.807, 2.05) is 0 Å². The number of hydrogen-bond donors (Lipinski definition) is 1. The van der Waals surface area contributed by atoms with E-state index in [-0.39, 0.29) is 17.7 Å². The van der Waals surface area contributed by atoms with Crippen LogP contribution in [-0.2, 0) is 4.79 Å². The summed E-state index contributed by atoms with van der Waals surface area (Å²) >= 11 is 0. The summed E-state index contributed by atoms with van der Waals surface area (Å²) in [6.07, 6.45) is -0.421. The van der Waals surface area contributed by atoms with Crippen molar-refractivity contribution in [2.45, 2.75) is 58.7 Å². The van der Waals surface area contributed by atoms with E-state index in [9.17, 15) is 18.0 Å². The molecule has 1 atom stereocenters. The van der Waals surface area contributed by atoms with Crippen LogP contribution < -0.4 is 10.1 Å². The molecule has 1 amide bonds. The zero-order valence-electron chi connectivity index (χ0n) is 15.6. The van der Waals surface area contributed by atoms with Gasteiger partial charge in [-0.25, -0.2) is 0 Å². The number of piperidine rings is 1. The van der Waals surface area contributed by atoms with E-state index >= 15 is 0 Å². The number of alkyl halides is 3. The van der Waals surface area contributed by atoms with Crippen LogP contribution in [0.15, 0.2) is 12.1 Å². The highest BCUT2D eigenvalue weighted by molar-refractivity contribution is 5.96. The predicted octanol–water partition coefficient (Wildman–Crippen LogP) is 4.45. The minimum absolute atomic E-state index is 0.0479. The van der Waals surface area contributed by atoms with Gasteiger partial charge in [-0.2, -0.15) is 13.2 Å². The van der Waals surface area contributed by atoms with Crippen molar-refractivity contribution in [3.63, 3.8) is 0 Å². The Labute approximate surface area is 152 Å². The number of anilines is 1. The summed E-state index contributed by atoms with van der Waals surface area (Å²) in [4.78, 5) is 15.0. The Balaban J connectivity index is 2.09. The van der Waals surface area contributed by atoms with Crippen molar-refractivity contribution >= 4 is 11.6 Å². The fourth-order valence-corrected chi connectivity index (χ4v) is 3.42. The third-order valence-corrected chi connectivity index (χ3v) is 4.58. The molecule has 0 bridgehead atoms. The van der Waals surface area contributed by atoms with Gasteiger partial charge < -0.3 is 10.1 Å². The molecule has 2 rings (SSSR count). The molecule has 0 aliphatic carbocycles. The second kappa shape index (κ2) is 8.75. The van der Waals surface area contributed by atoms with Gasteiger partial charge in [-0.15, -0.1) is 0 Å². The van der Waals surface area contributed by atoms with E-state index in [2.05, 4.69) is 17.1 Å². The highest BCUT2D eigenvalue weighted by Crippen LogP contribution is 2.29. The molecule has 1 N–H and O–H groups in total. The van der Waals surface area contributed by atoms with E-state index in [1.54, 1.807) is 13.8 Å². The van der Waals surface area contributed by atoms with Crippen LogP contribution in [0.4, 0.5) is 18.9 Å². The Kier molecular flexibility index (Phi) is 6.92. The van der Waals surface area contributed by atoms with Gasteiger partial charge in [-0.1, -0.05) is 13.3 Å². The standard InChI is InChI=1S/C19H27F3N2O2/c1-4-8-24-9-6-5-7-16(24)18(25)23-17-13(2)10-15(11-14(17)3)26-12-19(20,21)22/h10-11,16H,4-9,12H2,1-3H3,(H,23,25)/t16-/m0/s1. The topological polar surface area (TPSA) is 41.6 Å². The highest BCUT2D eigenvalue weighted by Gasteiger charge is 2.30. The molecular formula is C19H27F3N2O2. The van der Waals surface area contributed by atoms with E-state index < -0.39 is 12.8 Å². The molecule has 7 heteroatoms. The fourth-order valence-electron chi connectivity index (χ4n) is 3.42. The predicted molar refractivity (Wildman–Crippen MR) is 95.6 cm³/mol. The maximum absolute atomic E-state index is 12.8. The SMILES string of the molecule is CCCN1CCCC[C@H]1C(=O)Nc1c(C)cc(OCC(F)(F)F)cc1C. The Bertz CT molecular complexity index is 607. The van der Waals surface area contributed by atoms with Crippen LogP contribution >= 0.6 is 0 Å². The Morgan fingerprint density at radius 2 is 1.92 bits per heavy atom. The monoisotopic (exact) mass is 372 g/mol. The zero-order chi connectivity index (χ0) is 19.3. The molecule has 4 nitrogen and oxygen atoms in total. The smallest absolute Gasteiger partial charge is 0.422 e. The maximum atomic E-state index is 12.8. The van der Waals surface area contributed by atoms with Gasteiger partial charge in [0.25, 0.3) is 0 Å². The van der Waals surface area contributed by atoms with Crippen LogP contribution in [0.5, 0.6) is 5.75 Å². The molecular weight excluding hydrogens is 345 g/mol. The van der Waals surface area contributed by atoms with E-state index in [1.165, 1.54) is 12.1 Å². The Morgan fingerprint density at radius 3 is 2.50 bits per heavy atom. The van der Waals surface area contributed by atoms with Crippen LogP contribution in [0.1, 0.15) is 43.7 Å². The Hall–Kier alpha value is -1.76. The third-order valence-electron chi connectivity index (χ3n) is 4.58. The number of aryl methyl sites for hydroxylation is 2. The first-order chi connectivity index (χ1) is 12.2. The molecule has 1 aromatic rings. The average Bonchev–Trinajstić information content (AvgIpc) is 2.56. The summed E-state index contributed by atoms with van der Waals surface area (Å²) < 4.78 is 41.7. The Morgan fingerprint density at radius 1 is 1.27 bits per heavy atom. The summed E-state index contributed by atoms with van der Waals surface area (Å²) in [7, 11) is 0. The van der Waals surface area contributed by atoms with Crippen LogP contribution in [-0.4, -0.2) is 42.7 Å². The van der Waals surface area contributed by atoms with Gasteiger partial charge in [0.2, 0.25) is 5.91 Å². The van der Waals surface area contributed by atoms with Crippen LogP contribution in [0.3, 0.4) is 0 Å². The first-order valence-electron chi connectivity index (χ1n) is 9.07. The molecule has 0 unspecified atom stereocenters. The van der Waals surface area contributed by atoms with Gasteiger partial charge in [-0.3, -0.25) is 9.69 Å². The van der Waals surface area contributed by atoms with Gasteiger partial charge in [0.15, 0.2) is 6.61 Å². The minimum atomic E-state index is -4.38. The minimum Gasteiger partial charge on any atom is -0.484 e. The normalized spacial score (nSPS) is 18.6. The molecule has 1 saturated heterocycles. The first-order valence-corrected chi connectivity index (χ1v) is 9.07. The van der Waals surface area contributed by atoms with Crippen LogP contribution in [0.2, 0.25) is 0 Å². The molecule has 0 spiro atoms. The second-order valence-electron chi connectivity index (χ2n) is 6.87. The fraction of sp³-hybridized carbons (Fsp3) is 0.632. The number of ether oxygens (including phenoxy) is 1. The molecule has 1 aromatic carbocycles. The summed E-state index contributed by atoms with van der Waals surface area (Å²) in [5, 5.41) is 2.98. The van der Waals surface area contributed by atoms with Gasteiger partial charge in [0.05, 0.1) is 6.04 Å². The summed E-state index contributed by atoms with van der Waals surface area (Å²) in [6.45, 7) is 6.10. The number of likely N-dealkylation sites (tertiary alicyclic amines) is 1. The van der Waals surface area contributed by atoms with Crippen molar-refractivity contribution in [1.29, 1.82) is 0 Å². The molecule has 26 heavy (non-hydrogen) atoms. The zero-order valence-corrected chi connectivity index (χ0v) is 15.6. The van der Waals surface area contributed by atoms with Crippen molar-refractivity contribution < 1.29 is 22.7 Å². The molecule has 0 aromatic heterocycles. The van der Waals surface area contributed by atoms with Gasteiger partial charge in [0, 0.05) is 5.69 Å². The number of nitrogens with one attached hydrogen (secondary N) is 1. The van der Waals surface area contributed by atoms with Crippen molar-refractivity contribution in [2.24, 2.45) is 0 Å². The molecule has 1 aliphatic rings. The van der Waals surface area contributed by atoms with Gasteiger partial charge >= 0.3 is 6.18 Å². The van der Waals surface area contributed by atoms with Crippen molar-refractivity contribution in [3.05, 3.63) is 23.3 Å². The lowest BCUT2D eigenvalue weighted by molar-refractivity contribution is -0.153. The van der Waals surface area contributed by atoms with Gasteiger partial charge in [-0.05, 0) is 69.5 Å². The molecule has 1 aliphatic heterocycles. The second-order valence-corrected chi connectivity index (χ2v) is 6.87. The summed E-state index contributed by atoms with van der Waals surface area (Å²) in [6, 6.07) is 2.90. The van der Waals surface area contributed by atoms with Crippen LogP contribution in [0.25, 0.3) is 0 Å². The molecule has 1 heterocycles. The lowest BCUT2D eigenvalue weighted by Gasteiger charge is -2.34. The first kappa shape index (κ1) is 20.6. The number of hydrogen-bond acceptors (Lipinski definition) is 3. The third kappa shape index (κ3) is 5.62. The summed E-state index contributed by atoms with van der Waals surface area (Å²) in [5.74, 6) is 0.105. The molecule has 1 fully saturated rings. The lowest BCUT2D eigenvalue weighted by atomic mass is 10.0. The van der Waals surface area contributed by atoms with Crippen molar-refractivity contribution in [1.82, 2.24) is 4.90 Å². The number of rotatable bonds is 6. The molecule has 146 valence electrons. The van der Waals surface area contributed by atoms with Crippen molar-refractivity contribution in [2.75, 3.05) is 25.0 Å². The van der Waals surface area contributed by atoms with E-state index in [4.69, 9.17) is 4.74 Å². The van der Waals surface area contributed by atoms with E-state index in [0.29, 0.717) is 16.8 Å². The van der Waals surface area contributed by atoms with Gasteiger partial charge in [0.1, 0.15) is 5.75 Å². The molecule has 0 saturated carbocycles. The number of benzene rings is 1. The van der Waals surface area contributed by atoms with Crippen molar-refractivity contribution in [3.8, 4) is 5.75 Å². The number of carbonyl (C=O) groups is 1. The largest absolute Gasteiger partial charge is 0.484 e. The lowest BCUT2D eigenvalue weighted by Crippen LogP contribution is -2.47. The quantitative estimate of drug-likeness (QED) is 0.802.